The number of nitrogens with zero attached hydrogens (tertiary/aromatic N) is 7. The van der Waals surface area contributed by atoms with Crippen molar-refractivity contribution >= 4 is 84.2 Å². The summed E-state index contributed by atoms with van der Waals surface area (Å²) in [5, 5.41) is 19.0. The molecule has 3 aliphatic rings. The number of likely N-dealkylation sites (tertiary alicyclic amines) is 1. The number of carbonyl (C=O) groups excluding carboxylic acids is 4. The van der Waals surface area contributed by atoms with Crippen LogP contribution in [-0.4, -0.2) is 101 Å². The molecule has 3 aliphatic heterocycles. The van der Waals surface area contributed by atoms with E-state index in [2.05, 4.69) is 44.0 Å². The van der Waals surface area contributed by atoms with E-state index in [4.69, 9.17) is 9.47 Å². The van der Waals surface area contributed by atoms with E-state index < -0.39 is 59.6 Å². The number of benzene rings is 4. The van der Waals surface area contributed by atoms with E-state index in [1.807, 2.05) is 0 Å². The summed E-state index contributed by atoms with van der Waals surface area (Å²) in [5.74, 6) is -1.58. The van der Waals surface area contributed by atoms with Crippen LogP contribution in [0.5, 0.6) is 0 Å². The average molecular weight is 1260 g/mol. The largest absolute Gasteiger partial charge is 0.463 e. The number of quaternary nitrogens is 1. The molecule has 77 heavy (non-hydrogen) atoms. The Bertz CT molecular complexity index is 2760. The molecule has 0 aromatic heterocycles. The van der Waals surface area contributed by atoms with Gasteiger partial charge in [0.15, 0.2) is 0 Å². The Morgan fingerprint density at radius 2 is 1.00 bits per heavy atom. The van der Waals surface area contributed by atoms with Gasteiger partial charge in [0.25, 0.3) is 0 Å². The first-order valence-corrected chi connectivity index (χ1v) is 26.9. The lowest BCUT2D eigenvalue weighted by Gasteiger charge is -2.46. The highest BCUT2D eigenvalue weighted by molar-refractivity contribution is 9.09. The third kappa shape index (κ3) is 13.2. The SMILES string of the molecule is Br.CCOC(=O)C1=C(CBr)N(c2cccc(C(F)(F)F)c2)C(=O)N(CCC[N+]2(CCCN3C(=O)N(c4cccc(C(F)(F)F)c4)C(CBr)=C(C(=O)OCC)[C@H]3c3ccc(C#N)cc3)CCCCC2)[C@@H]1c1ccc(C#N)cc1. The molecule has 0 N–H and O–H groups in total. The van der Waals surface area contributed by atoms with Crippen molar-refractivity contribution in [1.82, 2.24) is 9.80 Å². The summed E-state index contributed by atoms with van der Waals surface area (Å²) in [6.45, 7) is 5.50. The van der Waals surface area contributed by atoms with E-state index in [9.17, 15) is 46.5 Å². The van der Waals surface area contributed by atoms with Crippen molar-refractivity contribution < 1.29 is 59.5 Å². The Balaban J connectivity index is 0.00000961. The van der Waals surface area contributed by atoms with Crippen molar-refractivity contribution in [2.45, 2.75) is 70.4 Å². The molecule has 13 nitrogen and oxygen atoms in total. The summed E-state index contributed by atoms with van der Waals surface area (Å²) in [6.07, 6.45) is -6.21. The molecule has 0 saturated carbocycles. The number of hydrogen-bond donors (Lipinski definition) is 0. The maximum absolute atomic E-state index is 15.1. The third-order valence-corrected chi connectivity index (χ3v) is 14.9. The molecule has 0 bridgehead atoms. The minimum atomic E-state index is -4.75. The quantitative estimate of drug-likeness (QED) is 0.0414. The molecular formula is C55H55Br3F6N7O6+. The number of halogens is 9. The molecule has 0 spiro atoms. The number of esters is 2. The molecule has 4 amide bonds. The molecule has 4 aromatic rings. The lowest BCUT2D eigenvalue weighted by molar-refractivity contribution is -0.932. The number of ether oxygens (including phenoxy) is 2. The zero-order valence-electron chi connectivity index (χ0n) is 42.0. The summed E-state index contributed by atoms with van der Waals surface area (Å²) in [4.78, 5) is 63.7. The zero-order chi connectivity index (χ0) is 55.0. The second-order valence-corrected chi connectivity index (χ2v) is 19.5. The van der Waals surface area contributed by atoms with Crippen molar-refractivity contribution in [3.05, 3.63) is 153 Å². The van der Waals surface area contributed by atoms with Gasteiger partial charge in [-0.2, -0.15) is 36.9 Å². The average Bonchev–Trinajstić information content (AvgIpc) is 3.47. The van der Waals surface area contributed by atoms with Gasteiger partial charge in [-0.15, -0.1) is 17.0 Å². The maximum atomic E-state index is 15.1. The van der Waals surface area contributed by atoms with E-state index >= 15 is 9.59 Å². The number of allylic oxidation sites excluding steroid dienone is 2. The van der Waals surface area contributed by atoms with Crippen molar-refractivity contribution in [2.75, 3.05) is 72.9 Å². The van der Waals surface area contributed by atoms with Gasteiger partial charge in [-0.3, -0.25) is 9.80 Å². The van der Waals surface area contributed by atoms with Crippen LogP contribution in [0.25, 0.3) is 0 Å². The van der Waals surface area contributed by atoms with Crippen molar-refractivity contribution in [3.8, 4) is 12.1 Å². The summed E-state index contributed by atoms with van der Waals surface area (Å²) in [6, 6.07) is 21.8. The number of rotatable bonds is 18. The molecule has 2 atom stereocenters. The Kier molecular flexibility index (Phi) is 20.2. The number of nitriles is 2. The Labute approximate surface area is 469 Å². The normalized spacial score (nSPS) is 17.9. The summed E-state index contributed by atoms with van der Waals surface area (Å²) in [5.41, 5.74) is -0.511. The standard InChI is InChI=1S/C55H54Br2F6N7O6.BrH/c1-3-75-50(71)46-44(32-56)68(42-14-8-12-40(30-42)54(58,59)60)52(73)66(48(46)38-20-16-36(34-64)17-21-38)24-10-28-70(26-6-5-7-27-70)29-11-25-67-49(39-22-18-37(35-65)19-23-39)47(51(72)76-4-2)45(33-57)69(53(67)74)43-15-9-13-41(31-43)55(61,62)63;/h8-9,12-23,30-31,48-49H,3-7,10-11,24-29,32-33H2,1-2H3;1H/q+1;/t48-,49-;/m1./s1. The minimum absolute atomic E-state index is 0. The van der Waals surface area contributed by atoms with E-state index in [1.54, 1.807) is 62.4 Å². The highest BCUT2D eigenvalue weighted by Gasteiger charge is 2.47. The molecule has 22 heteroatoms. The van der Waals surface area contributed by atoms with Crippen LogP contribution in [0.3, 0.4) is 0 Å². The first-order chi connectivity index (χ1) is 36.3. The Hall–Kier alpha value is -6.20. The Morgan fingerprint density at radius 3 is 1.32 bits per heavy atom. The summed E-state index contributed by atoms with van der Waals surface area (Å²) in [7, 11) is 0. The lowest BCUT2D eigenvalue weighted by Crippen LogP contribution is -2.56. The van der Waals surface area contributed by atoms with Gasteiger partial charge in [-0.05, 0) is 105 Å². The molecular weight excluding hydrogens is 1210 g/mol. The van der Waals surface area contributed by atoms with Gasteiger partial charge >= 0.3 is 36.4 Å². The fourth-order valence-electron chi connectivity index (χ4n) is 10.4. The minimum Gasteiger partial charge on any atom is -0.463 e. The second kappa shape index (κ2) is 26.0. The van der Waals surface area contributed by atoms with Gasteiger partial charge in [-0.1, -0.05) is 68.3 Å². The van der Waals surface area contributed by atoms with E-state index in [0.717, 1.165) is 53.3 Å². The van der Waals surface area contributed by atoms with Gasteiger partial charge < -0.3 is 23.8 Å². The summed E-state index contributed by atoms with van der Waals surface area (Å²) >= 11 is 6.85. The van der Waals surface area contributed by atoms with Gasteiger partial charge in [0.05, 0.1) is 120 Å². The van der Waals surface area contributed by atoms with Gasteiger partial charge in [0.1, 0.15) is 0 Å². The lowest BCUT2D eigenvalue weighted by atomic mass is 9.91. The molecule has 0 aliphatic carbocycles. The molecule has 0 radical (unpaired) electrons. The fraction of sp³-hybridized carbons (Fsp3) is 0.382. The Morgan fingerprint density at radius 1 is 0.623 bits per heavy atom. The molecule has 1 fully saturated rings. The van der Waals surface area contributed by atoms with Crippen LogP contribution in [0.2, 0.25) is 0 Å². The van der Waals surface area contributed by atoms with E-state index in [0.29, 0.717) is 65.8 Å². The first-order valence-electron chi connectivity index (χ1n) is 24.7. The zero-order valence-corrected chi connectivity index (χ0v) is 46.9. The maximum Gasteiger partial charge on any atom is 0.416 e. The van der Waals surface area contributed by atoms with Crippen LogP contribution in [0.1, 0.15) is 91.4 Å². The predicted octanol–water partition coefficient (Wildman–Crippen LogP) is 12.9. The van der Waals surface area contributed by atoms with Crippen LogP contribution in [-0.2, 0) is 31.4 Å². The first kappa shape index (κ1) is 60.0. The number of piperidine rings is 1. The molecule has 1 saturated heterocycles. The van der Waals surface area contributed by atoms with Crippen LogP contribution >= 0.6 is 48.8 Å². The van der Waals surface area contributed by atoms with Crippen molar-refractivity contribution in [2.24, 2.45) is 0 Å². The number of amides is 4. The highest BCUT2D eigenvalue weighted by atomic mass is 79.9. The smallest absolute Gasteiger partial charge is 0.416 e. The highest BCUT2D eigenvalue weighted by Crippen LogP contribution is 2.45. The number of anilines is 2. The van der Waals surface area contributed by atoms with E-state index in [1.165, 1.54) is 34.1 Å². The van der Waals surface area contributed by atoms with Crippen molar-refractivity contribution in [3.63, 3.8) is 0 Å². The summed E-state index contributed by atoms with van der Waals surface area (Å²) < 4.78 is 96.7. The third-order valence-electron chi connectivity index (χ3n) is 13.9. The van der Waals surface area contributed by atoms with Gasteiger partial charge in [0.2, 0.25) is 0 Å². The number of alkyl halides is 8. The van der Waals surface area contributed by atoms with Crippen molar-refractivity contribution in [1.29, 1.82) is 10.5 Å². The van der Waals surface area contributed by atoms with Crippen LogP contribution in [0, 0.1) is 22.7 Å². The topological polar surface area (TPSA) is 147 Å². The predicted molar refractivity (Wildman–Crippen MR) is 288 cm³/mol. The molecule has 3 heterocycles. The molecule has 408 valence electrons. The monoisotopic (exact) mass is 1260 g/mol. The van der Waals surface area contributed by atoms with Crippen LogP contribution < -0.4 is 9.80 Å². The molecule has 7 rings (SSSR count). The van der Waals surface area contributed by atoms with Gasteiger partial charge in [0, 0.05) is 36.6 Å². The van der Waals surface area contributed by atoms with E-state index in [-0.39, 0.29) is 87.9 Å². The van der Waals surface area contributed by atoms with Crippen LogP contribution in [0.4, 0.5) is 47.3 Å². The number of carbonyl (C=O) groups is 4. The fourth-order valence-corrected chi connectivity index (χ4v) is 11.5. The van der Waals surface area contributed by atoms with Crippen LogP contribution in [0.15, 0.2) is 120 Å². The molecule has 0 unspecified atom stereocenters. The number of hydrogen-bond acceptors (Lipinski definition) is 8. The van der Waals surface area contributed by atoms with Gasteiger partial charge in [-0.25, -0.2) is 19.2 Å². The number of urea groups is 2. The second-order valence-electron chi connectivity index (χ2n) is 18.4. The molecule has 4 aromatic carbocycles.